The molecule has 0 aliphatic carbocycles. The second-order valence-corrected chi connectivity index (χ2v) is 4.71. The molecule has 1 unspecified atom stereocenters. The third-order valence-electron chi connectivity index (χ3n) is 2.99. The van der Waals surface area contributed by atoms with E-state index in [9.17, 15) is 0 Å². The molecule has 21 heavy (non-hydrogen) atoms. The van der Waals surface area contributed by atoms with Gasteiger partial charge in [-0.15, -0.1) is 24.0 Å². The molecule has 120 valence electrons. The summed E-state index contributed by atoms with van der Waals surface area (Å²) in [6.45, 7) is 6.43. The van der Waals surface area contributed by atoms with Crippen LogP contribution in [-0.2, 0) is 11.2 Å². The Morgan fingerprint density at radius 3 is 2.90 bits per heavy atom. The van der Waals surface area contributed by atoms with Crippen LogP contribution in [0.1, 0.15) is 25.8 Å². The smallest absolute Gasteiger partial charge is 0.191 e. The minimum absolute atomic E-state index is 0. The van der Waals surface area contributed by atoms with Crippen LogP contribution in [0.5, 0.6) is 0 Å². The van der Waals surface area contributed by atoms with E-state index in [0.29, 0.717) is 19.2 Å². The molecular formula is C15H27IN4O. The molecule has 1 aromatic rings. The molecule has 1 heterocycles. The van der Waals surface area contributed by atoms with Gasteiger partial charge in [0.05, 0.1) is 13.2 Å². The highest BCUT2D eigenvalue weighted by Crippen LogP contribution is 1.95. The molecule has 0 fully saturated rings. The molecule has 0 bridgehead atoms. The van der Waals surface area contributed by atoms with Crippen molar-refractivity contribution in [2.75, 3.05) is 26.8 Å². The molecule has 0 saturated carbocycles. The van der Waals surface area contributed by atoms with Gasteiger partial charge in [0.25, 0.3) is 0 Å². The quantitative estimate of drug-likeness (QED) is 0.301. The lowest BCUT2D eigenvalue weighted by molar-refractivity contribution is 0.208. The van der Waals surface area contributed by atoms with Crippen molar-refractivity contribution in [2.45, 2.75) is 32.7 Å². The van der Waals surface area contributed by atoms with Crippen molar-refractivity contribution in [2.24, 2.45) is 4.99 Å². The van der Waals surface area contributed by atoms with Crippen LogP contribution in [0, 0.1) is 0 Å². The predicted molar refractivity (Wildman–Crippen MR) is 98.4 cm³/mol. The first-order valence-corrected chi connectivity index (χ1v) is 7.19. The average molecular weight is 406 g/mol. The van der Waals surface area contributed by atoms with Crippen LogP contribution < -0.4 is 10.6 Å². The number of rotatable bonds is 8. The molecule has 1 aromatic heterocycles. The van der Waals surface area contributed by atoms with Crippen molar-refractivity contribution in [1.82, 2.24) is 15.6 Å². The van der Waals surface area contributed by atoms with Crippen LogP contribution in [-0.4, -0.2) is 43.8 Å². The number of hydrogen-bond donors (Lipinski definition) is 2. The summed E-state index contributed by atoms with van der Waals surface area (Å²) in [5, 5.41) is 6.73. The topological polar surface area (TPSA) is 58.5 Å². The molecule has 6 heteroatoms. The van der Waals surface area contributed by atoms with Crippen molar-refractivity contribution < 1.29 is 4.74 Å². The molecule has 0 amide bonds. The summed E-state index contributed by atoms with van der Waals surface area (Å²) in [5.41, 5.74) is 1.22. The number of nitrogens with zero attached hydrogens (tertiary/aromatic N) is 2. The van der Waals surface area contributed by atoms with Crippen molar-refractivity contribution in [3.8, 4) is 0 Å². The lowest BCUT2D eigenvalue weighted by atomic mass is 10.2. The van der Waals surface area contributed by atoms with Crippen molar-refractivity contribution in [1.29, 1.82) is 0 Å². The van der Waals surface area contributed by atoms with E-state index in [1.807, 2.05) is 12.3 Å². The Labute approximate surface area is 145 Å². The number of aromatic nitrogens is 1. The van der Waals surface area contributed by atoms with Crippen molar-refractivity contribution in [3.05, 3.63) is 30.1 Å². The summed E-state index contributed by atoms with van der Waals surface area (Å²) in [6.07, 6.45) is 5.68. The van der Waals surface area contributed by atoms with Crippen molar-refractivity contribution in [3.63, 3.8) is 0 Å². The van der Waals surface area contributed by atoms with Crippen LogP contribution in [0.2, 0.25) is 0 Å². The van der Waals surface area contributed by atoms with E-state index >= 15 is 0 Å². The van der Waals surface area contributed by atoms with Gasteiger partial charge in [-0.2, -0.15) is 0 Å². The fourth-order valence-corrected chi connectivity index (χ4v) is 1.61. The van der Waals surface area contributed by atoms with Crippen LogP contribution in [0.15, 0.2) is 29.5 Å². The first kappa shape index (κ1) is 20.1. The zero-order valence-electron chi connectivity index (χ0n) is 13.1. The Morgan fingerprint density at radius 1 is 1.48 bits per heavy atom. The Morgan fingerprint density at radius 2 is 2.29 bits per heavy atom. The lowest BCUT2D eigenvalue weighted by Crippen LogP contribution is -2.43. The first-order chi connectivity index (χ1) is 9.76. The van der Waals surface area contributed by atoms with E-state index in [4.69, 9.17) is 4.74 Å². The molecule has 0 radical (unpaired) electrons. The summed E-state index contributed by atoms with van der Waals surface area (Å²) in [6, 6.07) is 4.45. The zero-order valence-corrected chi connectivity index (χ0v) is 15.5. The van der Waals surface area contributed by atoms with E-state index in [2.05, 4.69) is 40.5 Å². The number of methoxy groups -OCH3 is 1. The second-order valence-electron chi connectivity index (χ2n) is 4.71. The normalized spacial score (nSPS) is 12.4. The van der Waals surface area contributed by atoms with E-state index in [-0.39, 0.29) is 24.0 Å². The molecule has 1 atom stereocenters. The maximum absolute atomic E-state index is 5.03. The van der Waals surface area contributed by atoms with Crippen molar-refractivity contribution >= 4 is 29.9 Å². The standard InChI is InChI=1S/C15H26N4O.HI/c1-4-13(2)19-15(18-10-11-20-3)17-9-7-14-6-5-8-16-12-14;/h5-6,8,12-13H,4,7,9-11H2,1-3H3,(H2,17,18,19);1H. The van der Waals surface area contributed by atoms with Crippen LogP contribution in [0.25, 0.3) is 0 Å². The molecule has 0 aliphatic rings. The van der Waals surface area contributed by atoms with Gasteiger partial charge in [0.1, 0.15) is 0 Å². The minimum atomic E-state index is 0. The molecule has 5 nitrogen and oxygen atoms in total. The van der Waals surface area contributed by atoms with Crippen LogP contribution >= 0.6 is 24.0 Å². The summed E-state index contributed by atoms with van der Waals surface area (Å²) in [4.78, 5) is 8.60. The van der Waals surface area contributed by atoms with Gasteiger partial charge < -0.3 is 15.4 Å². The third-order valence-corrected chi connectivity index (χ3v) is 2.99. The number of pyridine rings is 1. The SMILES string of the molecule is CCC(C)NC(=NCCOC)NCCc1cccnc1.I. The van der Waals surface area contributed by atoms with Crippen LogP contribution in [0.4, 0.5) is 0 Å². The van der Waals surface area contributed by atoms with E-state index < -0.39 is 0 Å². The lowest BCUT2D eigenvalue weighted by Gasteiger charge is -2.17. The molecule has 1 rings (SSSR count). The number of nitrogens with one attached hydrogen (secondary N) is 2. The fourth-order valence-electron chi connectivity index (χ4n) is 1.61. The molecule has 2 N–H and O–H groups in total. The number of guanidine groups is 1. The van der Waals surface area contributed by atoms with Gasteiger partial charge in [-0.1, -0.05) is 13.0 Å². The summed E-state index contributed by atoms with van der Waals surface area (Å²) in [7, 11) is 1.69. The maximum atomic E-state index is 5.03. The molecule has 0 spiro atoms. The van der Waals surface area contributed by atoms with Gasteiger partial charge >= 0.3 is 0 Å². The van der Waals surface area contributed by atoms with Gasteiger partial charge in [-0.3, -0.25) is 9.98 Å². The third kappa shape index (κ3) is 9.62. The summed E-state index contributed by atoms with van der Waals surface area (Å²) >= 11 is 0. The number of halogens is 1. The largest absolute Gasteiger partial charge is 0.383 e. The van der Waals surface area contributed by atoms with Gasteiger partial charge in [0.2, 0.25) is 0 Å². The van der Waals surface area contributed by atoms with Gasteiger partial charge in [0, 0.05) is 32.1 Å². The number of hydrogen-bond acceptors (Lipinski definition) is 3. The summed E-state index contributed by atoms with van der Waals surface area (Å²) < 4.78 is 5.03. The zero-order chi connectivity index (χ0) is 14.6. The van der Waals surface area contributed by atoms with E-state index in [1.54, 1.807) is 13.3 Å². The highest BCUT2D eigenvalue weighted by atomic mass is 127. The Balaban J connectivity index is 0.00000400. The molecule has 0 aromatic carbocycles. The predicted octanol–water partition coefficient (Wildman–Crippen LogP) is 2.22. The highest BCUT2D eigenvalue weighted by Gasteiger charge is 2.03. The van der Waals surface area contributed by atoms with Gasteiger partial charge in [-0.25, -0.2) is 0 Å². The maximum Gasteiger partial charge on any atom is 0.191 e. The summed E-state index contributed by atoms with van der Waals surface area (Å²) in [5.74, 6) is 0.847. The Bertz CT molecular complexity index is 387. The first-order valence-electron chi connectivity index (χ1n) is 7.19. The monoisotopic (exact) mass is 406 g/mol. The number of ether oxygens (including phenoxy) is 1. The van der Waals surface area contributed by atoms with Gasteiger partial charge in [-0.05, 0) is 31.4 Å². The Kier molecular flexibility index (Phi) is 12.3. The van der Waals surface area contributed by atoms with E-state index in [0.717, 1.165) is 25.3 Å². The second kappa shape index (κ2) is 12.8. The van der Waals surface area contributed by atoms with Gasteiger partial charge in [0.15, 0.2) is 5.96 Å². The molecular weight excluding hydrogens is 379 g/mol. The van der Waals surface area contributed by atoms with E-state index in [1.165, 1.54) is 5.56 Å². The Hall–Kier alpha value is -0.890. The minimum Gasteiger partial charge on any atom is -0.383 e. The fraction of sp³-hybridized carbons (Fsp3) is 0.600. The number of aliphatic imine (C=N–C) groups is 1. The van der Waals surface area contributed by atoms with Crippen LogP contribution in [0.3, 0.4) is 0 Å². The average Bonchev–Trinajstić information content (AvgIpc) is 2.48. The highest BCUT2D eigenvalue weighted by molar-refractivity contribution is 14.0. The molecule has 0 saturated heterocycles. The molecule has 0 aliphatic heterocycles.